The van der Waals surface area contributed by atoms with Gasteiger partial charge in [0.05, 0.1) is 6.04 Å². The van der Waals surface area contributed by atoms with Crippen LogP contribution in [0.4, 0.5) is 0 Å². The lowest BCUT2D eigenvalue weighted by molar-refractivity contribution is 0.0940. The molecule has 1 amide bonds. The highest BCUT2D eigenvalue weighted by Gasteiger charge is 2.26. The first-order chi connectivity index (χ1) is 8.76. The summed E-state index contributed by atoms with van der Waals surface area (Å²) in [6, 6.07) is 0.409. The van der Waals surface area contributed by atoms with Crippen LogP contribution in [0.15, 0.2) is 18.5 Å². The average Bonchev–Trinajstić information content (AvgIpc) is 2.91. The number of aliphatic hydroxyl groups excluding tert-OH is 1. The van der Waals surface area contributed by atoms with Gasteiger partial charge in [0, 0.05) is 18.6 Å². The summed E-state index contributed by atoms with van der Waals surface area (Å²) in [6.07, 6.45) is 8.47. The molecule has 1 heterocycles. The van der Waals surface area contributed by atoms with Crippen LogP contribution in [0.25, 0.3) is 0 Å². The second-order valence-electron chi connectivity index (χ2n) is 4.93. The molecule has 6 heteroatoms. The van der Waals surface area contributed by atoms with Crippen LogP contribution in [0, 0.1) is 5.92 Å². The SMILES string of the molecule is O=C(NC1CC1)c1ncn([C@H]2C=C[C@@H](CO)C2)n1. The molecule has 6 nitrogen and oxygen atoms in total. The number of hydrogen-bond acceptors (Lipinski definition) is 4. The molecule has 1 aromatic rings. The number of amides is 1. The van der Waals surface area contributed by atoms with E-state index >= 15 is 0 Å². The quantitative estimate of drug-likeness (QED) is 0.750. The highest BCUT2D eigenvalue weighted by molar-refractivity contribution is 5.90. The van der Waals surface area contributed by atoms with E-state index in [0.29, 0.717) is 6.04 Å². The summed E-state index contributed by atoms with van der Waals surface area (Å²) >= 11 is 0. The maximum Gasteiger partial charge on any atom is 0.291 e. The third-order valence-corrected chi connectivity index (χ3v) is 3.35. The Kier molecular flexibility index (Phi) is 2.87. The van der Waals surface area contributed by atoms with Crippen LogP contribution < -0.4 is 5.32 Å². The van der Waals surface area contributed by atoms with Gasteiger partial charge in [-0.15, -0.1) is 5.10 Å². The number of nitrogens with zero attached hydrogens (tertiary/aromatic N) is 3. The van der Waals surface area contributed by atoms with Gasteiger partial charge in [0.1, 0.15) is 6.33 Å². The molecule has 0 bridgehead atoms. The first-order valence-electron chi connectivity index (χ1n) is 6.27. The Hall–Kier alpha value is -1.69. The minimum Gasteiger partial charge on any atom is -0.396 e. The molecule has 0 saturated heterocycles. The van der Waals surface area contributed by atoms with Crippen molar-refractivity contribution in [1.29, 1.82) is 0 Å². The van der Waals surface area contributed by atoms with Crippen molar-refractivity contribution in [2.75, 3.05) is 6.61 Å². The molecular weight excluding hydrogens is 232 g/mol. The van der Waals surface area contributed by atoms with Crippen LogP contribution in [0.1, 0.15) is 35.9 Å². The van der Waals surface area contributed by atoms with Gasteiger partial charge in [-0.3, -0.25) is 4.79 Å². The molecule has 2 aliphatic rings. The zero-order valence-electron chi connectivity index (χ0n) is 9.99. The number of nitrogens with one attached hydrogen (secondary N) is 1. The predicted molar refractivity (Wildman–Crippen MR) is 63.9 cm³/mol. The molecule has 0 aliphatic heterocycles. The van der Waals surface area contributed by atoms with Crippen molar-refractivity contribution in [3.05, 3.63) is 24.3 Å². The van der Waals surface area contributed by atoms with Gasteiger partial charge in [-0.25, -0.2) is 9.67 Å². The van der Waals surface area contributed by atoms with E-state index < -0.39 is 0 Å². The van der Waals surface area contributed by atoms with Crippen LogP contribution in [-0.2, 0) is 0 Å². The Labute approximate surface area is 105 Å². The summed E-state index contributed by atoms with van der Waals surface area (Å²) < 4.78 is 1.69. The minimum absolute atomic E-state index is 0.0946. The molecule has 3 rings (SSSR count). The van der Waals surface area contributed by atoms with Crippen molar-refractivity contribution < 1.29 is 9.90 Å². The monoisotopic (exact) mass is 248 g/mol. The number of hydrogen-bond donors (Lipinski definition) is 2. The Bertz CT molecular complexity index is 478. The molecule has 0 spiro atoms. The summed E-state index contributed by atoms with van der Waals surface area (Å²) in [4.78, 5) is 15.8. The van der Waals surface area contributed by atoms with Gasteiger partial charge in [-0.2, -0.15) is 0 Å². The molecule has 2 N–H and O–H groups in total. The summed E-state index contributed by atoms with van der Waals surface area (Å²) in [5.41, 5.74) is 0. The summed E-state index contributed by atoms with van der Waals surface area (Å²) in [5, 5.41) is 16.1. The highest BCUT2D eigenvalue weighted by atomic mass is 16.3. The third-order valence-electron chi connectivity index (χ3n) is 3.35. The lowest BCUT2D eigenvalue weighted by atomic mass is 10.1. The van der Waals surface area contributed by atoms with Crippen LogP contribution >= 0.6 is 0 Å². The molecule has 1 aromatic heterocycles. The van der Waals surface area contributed by atoms with Gasteiger partial charge in [0.15, 0.2) is 0 Å². The highest BCUT2D eigenvalue weighted by Crippen LogP contribution is 2.26. The second kappa shape index (κ2) is 4.53. The smallest absolute Gasteiger partial charge is 0.291 e. The molecular formula is C12H16N4O2. The average molecular weight is 248 g/mol. The number of carbonyl (C=O) groups is 1. The number of aromatic nitrogens is 3. The van der Waals surface area contributed by atoms with E-state index in [1.165, 1.54) is 0 Å². The van der Waals surface area contributed by atoms with Gasteiger partial charge < -0.3 is 10.4 Å². The molecule has 96 valence electrons. The normalized spacial score (nSPS) is 26.5. The Morgan fingerprint density at radius 1 is 1.50 bits per heavy atom. The van der Waals surface area contributed by atoms with E-state index in [9.17, 15) is 4.79 Å². The maximum absolute atomic E-state index is 11.7. The number of allylic oxidation sites excluding steroid dienone is 1. The van der Waals surface area contributed by atoms with Crippen molar-refractivity contribution in [2.24, 2.45) is 5.92 Å². The van der Waals surface area contributed by atoms with Crippen molar-refractivity contribution in [1.82, 2.24) is 20.1 Å². The van der Waals surface area contributed by atoms with E-state index in [1.54, 1.807) is 11.0 Å². The standard InChI is InChI=1S/C12H16N4O2/c17-6-8-1-4-10(5-8)16-7-13-11(15-16)12(18)14-9-2-3-9/h1,4,7-10,17H,2-3,5-6H2,(H,14,18)/t8-,10+/m1/s1. The largest absolute Gasteiger partial charge is 0.396 e. The van der Waals surface area contributed by atoms with Crippen molar-refractivity contribution in [2.45, 2.75) is 31.3 Å². The summed E-state index contributed by atoms with van der Waals surface area (Å²) in [7, 11) is 0. The van der Waals surface area contributed by atoms with Gasteiger partial charge in [-0.1, -0.05) is 12.2 Å². The molecule has 18 heavy (non-hydrogen) atoms. The predicted octanol–water partition coefficient (Wildman–Crippen LogP) is 0.280. The molecule has 2 aliphatic carbocycles. The number of rotatable bonds is 4. The zero-order valence-corrected chi connectivity index (χ0v) is 9.99. The van der Waals surface area contributed by atoms with Gasteiger partial charge in [-0.05, 0) is 19.3 Å². The van der Waals surface area contributed by atoms with Gasteiger partial charge >= 0.3 is 0 Å². The minimum atomic E-state index is -0.197. The van der Waals surface area contributed by atoms with Crippen LogP contribution in [0.5, 0.6) is 0 Å². The lowest BCUT2D eigenvalue weighted by Gasteiger charge is -2.09. The Morgan fingerprint density at radius 2 is 2.33 bits per heavy atom. The molecule has 0 aromatic carbocycles. The first-order valence-corrected chi connectivity index (χ1v) is 6.27. The van der Waals surface area contributed by atoms with Crippen molar-refractivity contribution in [3.8, 4) is 0 Å². The molecule has 0 unspecified atom stereocenters. The molecule has 0 radical (unpaired) electrons. The Balaban J connectivity index is 1.66. The Morgan fingerprint density at radius 3 is 3.00 bits per heavy atom. The molecule has 1 fully saturated rings. The summed E-state index contributed by atoms with van der Waals surface area (Å²) in [6.45, 7) is 0.150. The van der Waals surface area contributed by atoms with E-state index in [-0.39, 0.29) is 30.3 Å². The molecule has 2 atom stereocenters. The van der Waals surface area contributed by atoms with E-state index in [1.807, 2.05) is 12.2 Å². The maximum atomic E-state index is 11.7. The number of aliphatic hydroxyl groups is 1. The first kappa shape index (κ1) is 11.4. The van der Waals surface area contributed by atoms with E-state index in [2.05, 4.69) is 15.4 Å². The van der Waals surface area contributed by atoms with Gasteiger partial charge in [0.25, 0.3) is 5.91 Å². The topological polar surface area (TPSA) is 80.0 Å². The van der Waals surface area contributed by atoms with Crippen molar-refractivity contribution >= 4 is 5.91 Å². The third kappa shape index (κ3) is 2.28. The summed E-state index contributed by atoms with van der Waals surface area (Å²) in [5.74, 6) is 0.211. The lowest BCUT2D eigenvalue weighted by Crippen LogP contribution is -2.26. The fraction of sp³-hybridized carbons (Fsp3) is 0.583. The van der Waals surface area contributed by atoms with Gasteiger partial charge in [0.2, 0.25) is 5.82 Å². The van der Waals surface area contributed by atoms with Crippen LogP contribution in [0.3, 0.4) is 0 Å². The fourth-order valence-corrected chi connectivity index (χ4v) is 2.10. The molecule has 1 saturated carbocycles. The fourth-order valence-electron chi connectivity index (χ4n) is 2.10. The van der Waals surface area contributed by atoms with E-state index in [4.69, 9.17) is 5.11 Å². The second-order valence-corrected chi connectivity index (χ2v) is 4.93. The number of carbonyl (C=O) groups excluding carboxylic acids is 1. The van der Waals surface area contributed by atoms with Crippen LogP contribution in [0.2, 0.25) is 0 Å². The van der Waals surface area contributed by atoms with Crippen molar-refractivity contribution in [3.63, 3.8) is 0 Å². The zero-order chi connectivity index (χ0) is 12.5. The van der Waals surface area contributed by atoms with E-state index in [0.717, 1.165) is 19.3 Å². The van der Waals surface area contributed by atoms with Crippen LogP contribution in [-0.4, -0.2) is 38.4 Å².